The van der Waals surface area contributed by atoms with Crippen molar-refractivity contribution in [1.29, 1.82) is 5.26 Å². The van der Waals surface area contributed by atoms with Gasteiger partial charge in [0.05, 0.1) is 30.3 Å². The Balaban J connectivity index is 1.55. The van der Waals surface area contributed by atoms with Crippen molar-refractivity contribution in [2.45, 2.75) is 31.9 Å². The van der Waals surface area contributed by atoms with Gasteiger partial charge in [-0.1, -0.05) is 0 Å². The largest absolute Gasteiger partial charge is 0.482 e. The van der Waals surface area contributed by atoms with Gasteiger partial charge in [-0.25, -0.2) is 13.6 Å². The van der Waals surface area contributed by atoms with Crippen LogP contribution >= 0.6 is 0 Å². The van der Waals surface area contributed by atoms with Gasteiger partial charge < -0.3 is 15.8 Å². The summed E-state index contributed by atoms with van der Waals surface area (Å²) in [5, 5.41) is 21.8. The van der Waals surface area contributed by atoms with E-state index < -0.39 is 11.9 Å². The summed E-state index contributed by atoms with van der Waals surface area (Å²) in [6.45, 7) is 3.64. The fourth-order valence-electron chi connectivity index (χ4n) is 4.21. The fraction of sp³-hybridized carbons (Fsp3) is 0.304. The van der Waals surface area contributed by atoms with Gasteiger partial charge in [-0.05, 0) is 44.5 Å². The van der Waals surface area contributed by atoms with Crippen LogP contribution in [-0.2, 0) is 0 Å². The summed E-state index contributed by atoms with van der Waals surface area (Å²) in [6, 6.07) is 7.09. The molecule has 0 radical (unpaired) electrons. The first-order chi connectivity index (χ1) is 16.0. The molecule has 3 N–H and O–H groups in total. The van der Waals surface area contributed by atoms with E-state index in [9.17, 15) is 9.65 Å². The van der Waals surface area contributed by atoms with Crippen LogP contribution in [0.3, 0.4) is 0 Å². The molecule has 0 unspecified atom stereocenters. The molecule has 0 saturated carbocycles. The van der Waals surface area contributed by atoms with Crippen LogP contribution in [0, 0.1) is 17.1 Å². The lowest BCUT2D eigenvalue weighted by Crippen LogP contribution is -2.32. The molecule has 4 aromatic heterocycles. The van der Waals surface area contributed by atoms with Crippen molar-refractivity contribution in [2.75, 3.05) is 18.8 Å². The zero-order valence-electron chi connectivity index (χ0n) is 18.1. The lowest BCUT2D eigenvalue weighted by molar-refractivity contribution is 0.224. The van der Waals surface area contributed by atoms with Gasteiger partial charge in [-0.3, -0.25) is 4.98 Å². The lowest BCUT2D eigenvalue weighted by Gasteiger charge is -2.24. The molecule has 168 valence electrons. The Morgan fingerprint density at radius 3 is 2.91 bits per heavy atom. The second-order valence-electron chi connectivity index (χ2n) is 8.11. The molecule has 0 aliphatic carbocycles. The van der Waals surface area contributed by atoms with Gasteiger partial charge in [0.25, 0.3) is 0 Å². The van der Waals surface area contributed by atoms with E-state index in [1.807, 2.05) is 17.7 Å². The number of piperidine rings is 1. The minimum Gasteiger partial charge on any atom is -0.482 e. The monoisotopic (exact) mass is 446 g/mol. The van der Waals surface area contributed by atoms with Crippen molar-refractivity contribution in [1.82, 2.24) is 29.7 Å². The number of anilines is 1. The Morgan fingerprint density at radius 2 is 2.18 bits per heavy atom. The number of nitrogens with one attached hydrogen (secondary N) is 1. The molecule has 9 nitrogen and oxygen atoms in total. The fourth-order valence-corrected chi connectivity index (χ4v) is 4.21. The third-order valence-electron chi connectivity index (χ3n) is 5.93. The summed E-state index contributed by atoms with van der Waals surface area (Å²) in [5.74, 6) is 0.597. The number of pyridine rings is 2. The van der Waals surface area contributed by atoms with Crippen molar-refractivity contribution >= 4 is 11.3 Å². The smallest absolute Gasteiger partial charge is 0.148 e. The molecule has 0 bridgehead atoms. The molecule has 0 spiro atoms. The van der Waals surface area contributed by atoms with Crippen LogP contribution in [0.2, 0.25) is 0 Å². The maximum atomic E-state index is 13.3. The Morgan fingerprint density at radius 1 is 1.30 bits per heavy atom. The molecule has 5 rings (SSSR count). The minimum atomic E-state index is -0.487. The summed E-state index contributed by atoms with van der Waals surface area (Å²) >= 11 is 0. The van der Waals surface area contributed by atoms with Gasteiger partial charge in [0, 0.05) is 23.9 Å². The highest BCUT2D eigenvalue weighted by Crippen LogP contribution is 2.35. The highest BCUT2D eigenvalue weighted by Gasteiger charge is 2.22. The molecule has 0 aromatic carbocycles. The molecule has 1 aliphatic rings. The molecular formula is C23H23FN8O. The van der Waals surface area contributed by atoms with Gasteiger partial charge in [0.15, 0.2) is 0 Å². The zero-order valence-corrected chi connectivity index (χ0v) is 18.1. The minimum absolute atomic E-state index is 0.200. The number of hydrogen-bond acceptors (Lipinski definition) is 7. The van der Waals surface area contributed by atoms with E-state index in [0.29, 0.717) is 28.3 Å². The SMILES string of the molecule is C[C@@H](Oc1cc(-c2cnn([C@H]3CCCNC3)c2N)cn2ncc(C#N)c12)c1ccc(F)cn1. The Labute approximate surface area is 189 Å². The number of nitrogens with two attached hydrogens (primary N) is 1. The maximum absolute atomic E-state index is 13.3. The maximum Gasteiger partial charge on any atom is 0.148 e. The summed E-state index contributed by atoms with van der Waals surface area (Å²) in [6.07, 6.45) is 7.79. The average Bonchev–Trinajstić information content (AvgIpc) is 3.43. The Kier molecular flexibility index (Phi) is 5.40. The number of rotatable bonds is 5. The molecule has 2 atom stereocenters. The van der Waals surface area contributed by atoms with Gasteiger partial charge in [-0.15, -0.1) is 0 Å². The van der Waals surface area contributed by atoms with Crippen molar-refractivity contribution in [2.24, 2.45) is 0 Å². The highest BCUT2D eigenvalue weighted by atomic mass is 19.1. The molecule has 33 heavy (non-hydrogen) atoms. The van der Waals surface area contributed by atoms with Crippen molar-refractivity contribution in [3.63, 3.8) is 0 Å². The van der Waals surface area contributed by atoms with Crippen LogP contribution in [0.15, 0.2) is 43.0 Å². The number of halogens is 1. The number of ether oxygens (including phenoxy) is 1. The van der Waals surface area contributed by atoms with Gasteiger partial charge in [0.2, 0.25) is 0 Å². The number of aromatic nitrogens is 5. The van der Waals surface area contributed by atoms with E-state index in [0.717, 1.165) is 43.3 Å². The van der Waals surface area contributed by atoms with Crippen molar-refractivity contribution in [3.8, 4) is 22.9 Å². The zero-order chi connectivity index (χ0) is 22.9. The number of nitriles is 1. The second kappa shape index (κ2) is 8.52. The number of fused-ring (bicyclic) bond motifs is 1. The van der Waals surface area contributed by atoms with Crippen LogP contribution < -0.4 is 15.8 Å². The third-order valence-corrected chi connectivity index (χ3v) is 5.93. The normalized spacial score (nSPS) is 17.1. The Bertz CT molecular complexity index is 1330. The molecule has 1 aliphatic heterocycles. The van der Waals surface area contributed by atoms with Crippen molar-refractivity contribution < 1.29 is 9.13 Å². The molecule has 0 amide bonds. The third kappa shape index (κ3) is 3.87. The summed E-state index contributed by atoms with van der Waals surface area (Å²) in [4.78, 5) is 4.11. The van der Waals surface area contributed by atoms with Crippen molar-refractivity contribution in [3.05, 3.63) is 60.1 Å². The summed E-state index contributed by atoms with van der Waals surface area (Å²) < 4.78 is 23.0. The number of nitrogen functional groups attached to an aromatic ring is 1. The number of nitrogens with zero attached hydrogens (tertiary/aromatic N) is 6. The predicted octanol–water partition coefficient (Wildman–Crippen LogP) is 3.25. The summed E-state index contributed by atoms with van der Waals surface area (Å²) in [7, 11) is 0. The van der Waals surface area contributed by atoms with Gasteiger partial charge in [-0.2, -0.15) is 15.5 Å². The topological polar surface area (TPSA) is 119 Å². The second-order valence-corrected chi connectivity index (χ2v) is 8.11. The number of hydrogen-bond donors (Lipinski definition) is 2. The average molecular weight is 446 g/mol. The van der Waals surface area contributed by atoms with E-state index >= 15 is 0 Å². The van der Waals surface area contributed by atoms with Gasteiger partial charge in [0.1, 0.15) is 40.6 Å². The van der Waals surface area contributed by atoms with E-state index in [1.165, 1.54) is 12.3 Å². The van der Waals surface area contributed by atoms with E-state index in [2.05, 4.69) is 26.6 Å². The highest BCUT2D eigenvalue weighted by molar-refractivity contribution is 5.79. The molecule has 10 heteroatoms. The standard InChI is InChI=1S/C23H23FN8O/c1-14(20-5-4-17(24)10-28-20)33-21-7-15(13-31-22(21)16(8-25)9-29-31)19-12-30-32(23(19)26)18-3-2-6-27-11-18/h4-5,7,9-10,12-14,18,27H,2-3,6,11,26H2,1H3/t14-,18+/m1/s1. The molecule has 1 saturated heterocycles. The van der Waals surface area contributed by atoms with Crippen LogP contribution in [0.1, 0.15) is 43.2 Å². The molecule has 5 heterocycles. The van der Waals surface area contributed by atoms with Crippen LogP contribution in [0.5, 0.6) is 5.75 Å². The van der Waals surface area contributed by atoms with E-state index in [4.69, 9.17) is 10.5 Å². The lowest BCUT2D eigenvalue weighted by atomic mass is 10.1. The van der Waals surface area contributed by atoms with Crippen LogP contribution in [0.4, 0.5) is 10.2 Å². The quantitative estimate of drug-likeness (QED) is 0.483. The Hall–Kier alpha value is -3.97. The van der Waals surface area contributed by atoms with Crippen LogP contribution in [0.25, 0.3) is 16.6 Å². The van der Waals surface area contributed by atoms with Crippen LogP contribution in [-0.4, -0.2) is 37.5 Å². The molecule has 4 aromatic rings. The molecule has 1 fully saturated rings. The van der Waals surface area contributed by atoms with E-state index in [-0.39, 0.29) is 6.04 Å². The summed E-state index contributed by atoms with van der Waals surface area (Å²) in [5.41, 5.74) is 9.51. The first-order valence-electron chi connectivity index (χ1n) is 10.8. The first kappa shape index (κ1) is 20.9. The first-order valence-corrected chi connectivity index (χ1v) is 10.8. The van der Waals surface area contributed by atoms with E-state index in [1.54, 1.807) is 23.0 Å². The predicted molar refractivity (Wildman–Crippen MR) is 120 cm³/mol. The molecular weight excluding hydrogens is 423 g/mol. The van der Waals surface area contributed by atoms with Gasteiger partial charge >= 0.3 is 0 Å².